The zero-order valence-electron chi connectivity index (χ0n) is 10.3. The van der Waals surface area contributed by atoms with Crippen molar-refractivity contribution < 1.29 is 4.79 Å². The monoisotopic (exact) mass is 225 g/mol. The van der Waals surface area contributed by atoms with E-state index in [1.807, 2.05) is 39.0 Å². The van der Waals surface area contributed by atoms with Crippen molar-refractivity contribution in [2.75, 3.05) is 0 Å². The Morgan fingerprint density at radius 3 is 2.29 bits per heavy atom. The second-order valence-electron chi connectivity index (χ2n) is 4.34. The van der Waals surface area contributed by atoms with Crippen molar-refractivity contribution in [2.24, 2.45) is 0 Å². The Morgan fingerprint density at radius 2 is 1.71 bits per heavy atom. The number of rotatable bonds is 2. The molecule has 1 aromatic carbocycles. The number of pyridine rings is 1. The van der Waals surface area contributed by atoms with Crippen molar-refractivity contribution in [1.29, 1.82) is 0 Å². The molecule has 0 saturated carbocycles. The van der Waals surface area contributed by atoms with Gasteiger partial charge in [0.05, 0.1) is 0 Å². The molecule has 2 rings (SSSR count). The molecule has 86 valence electrons. The van der Waals surface area contributed by atoms with Crippen molar-refractivity contribution >= 4 is 5.78 Å². The summed E-state index contributed by atoms with van der Waals surface area (Å²) in [5, 5.41) is 0. The number of carbonyl (C=O) groups is 1. The van der Waals surface area contributed by atoms with Gasteiger partial charge in [0.25, 0.3) is 0 Å². The standard InChI is InChI=1S/C15H15NO/c1-10-7-11(2)9-13(8-10)15(17)14-5-4-6-16-12(14)3/h4-9H,1-3H3. The van der Waals surface area contributed by atoms with Crippen LogP contribution in [0.15, 0.2) is 36.5 Å². The lowest BCUT2D eigenvalue weighted by Crippen LogP contribution is -2.05. The van der Waals surface area contributed by atoms with Crippen LogP contribution in [-0.2, 0) is 0 Å². The van der Waals surface area contributed by atoms with Crippen LogP contribution in [0.3, 0.4) is 0 Å². The molecule has 2 aromatic rings. The molecule has 0 bridgehead atoms. The van der Waals surface area contributed by atoms with Gasteiger partial charge in [0.1, 0.15) is 0 Å². The van der Waals surface area contributed by atoms with E-state index in [0.29, 0.717) is 5.56 Å². The van der Waals surface area contributed by atoms with Crippen LogP contribution in [0, 0.1) is 20.8 Å². The third kappa shape index (κ3) is 2.41. The highest BCUT2D eigenvalue weighted by atomic mass is 16.1. The smallest absolute Gasteiger partial charge is 0.194 e. The largest absolute Gasteiger partial charge is 0.289 e. The minimum atomic E-state index is 0.0439. The molecule has 2 nitrogen and oxygen atoms in total. The van der Waals surface area contributed by atoms with Gasteiger partial charge in [-0.05, 0) is 45.0 Å². The van der Waals surface area contributed by atoms with E-state index in [2.05, 4.69) is 11.1 Å². The Labute approximate surface area is 101 Å². The summed E-state index contributed by atoms with van der Waals surface area (Å²) in [4.78, 5) is 16.5. The van der Waals surface area contributed by atoms with Crippen LogP contribution < -0.4 is 0 Å². The SMILES string of the molecule is Cc1cc(C)cc(C(=O)c2cccnc2C)c1. The Balaban J connectivity index is 2.48. The van der Waals surface area contributed by atoms with E-state index in [0.717, 1.165) is 22.4 Å². The number of aromatic nitrogens is 1. The Hall–Kier alpha value is -1.96. The van der Waals surface area contributed by atoms with Gasteiger partial charge >= 0.3 is 0 Å². The van der Waals surface area contributed by atoms with Crippen LogP contribution in [0.1, 0.15) is 32.7 Å². The van der Waals surface area contributed by atoms with Crippen LogP contribution in [0.2, 0.25) is 0 Å². The molecular weight excluding hydrogens is 210 g/mol. The fourth-order valence-electron chi connectivity index (χ4n) is 1.99. The van der Waals surface area contributed by atoms with E-state index < -0.39 is 0 Å². The molecule has 17 heavy (non-hydrogen) atoms. The van der Waals surface area contributed by atoms with Gasteiger partial charge in [-0.1, -0.05) is 17.2 Å². The van der Waals surface area contributed by atoms with Crippen molar-refractivity contribution in [3.05, 3.63) is 64.5 Å². The highest BCUT2D eigenvalue weighted by Gasteiger charge is 2.12. The first kappa shape index (κ1) is 11.5. The molecular formula is C15H15NO. The van der Waals surface area contributed by atoms with Crippen LogP contribution in [0.25, 0.3) is 0 Å². The summed E-state index contributed by atoms with van der Waals surface area (Å²) in [5.41, 5.74) is 4.40. The quantitative estimate of drug-likeness (QED) is 0.734. The van der Waals surface area contributed by atoms with E-state index in [1.54, 1.807) is 12.3 Å². The second kappa shape index (κ2) is 4.50. The molecule has 0 N–H and O–H groups in total. The highest BCUT2D eigenvalue weighted by molar-refractivity contribution is 6.09. The molecule has 0 aliphatic heterocycles. The molecule has 0 saturated heterocycles. The summed E-state index contributed by atoms with van der Waals surface area (Å²) < 4.78 is 0. The van der Waals surface area contributed by atoms with E-state index >= 15 is 0 Å². The summed E-state index contributed by atoms with van der Waals surface area (Å²) in [6.45, 7) is 5.86. The van der Waals surface area contributed by atoms with Gasteiger partial charge in [0, 0.05) is 23.0 Å². The van der Waals surface area contributed by atoms with E-state index in [-0.39, 0.29) is 5.78 Å². The molecule has 1 heterocycles. The van der Waals surface area contributed by atoms with Gasteiger partial charge in [-0.3, -0.25) is 9.78 Å². The van der Waals surface area contributed by atoms with Crippen molar-refractivity contribution in [3.8, 4) is 0 Å². The molecule has 0 fully saturated rings. The van der Waals surface area contributed by atoms with Gasteiger partial charge in [-0.25, -0.2) is 0 Å². The lowest BCUT2D eigenvalue weighted by molar-refractivity contribution is 0.103. The number of aryl methyl sites for hydroxylation is 3. The van der Waals surface area contributed by atoms with E-state index in [9.17, 15) is 4.79 Å². The number of ketones is 1. The van der Waals surface area contributed by atoms with Crippen molar-refractivity contribution in [2.45, 2.75) is 20.8 Å². The second-order valence-corrected chi connectivity index (χ2v) is 4.34. The summed E-state index contributed by atoms with van der Waals surface area (Å²) >= 11 is 0. The van der Waals surface area contributed by atoms with Crippen LogP contribution >= 0.6 is 0 Å². The number of nitrogens with zero attached hydrogens (tertiary/aromatic N) is 1. The average molecular weight is 225 g/mol. The fourth-order valence-corrected chi connectivity index (χ4v) is 1.99. The van der Waals surface area contributed by atoms with Gasteiger partial charge in [-0.2, -0.15) is 0 Å². The predicted molar refractivity (Wildman–Crippen MR) is 68.3 cm³/mol. The number of hydrogen-bond donors (Lipinski definition) is 0. The molecule has 0 spiro atoms. The van der Waals surface area contributed by atoms with Gasteiger partial charge < -0.3 is 0 Å². The summed E-state index contributed by atoms with van der Waals surface area (Å²) in [5.74, 6) is 0.0439. The molecule has 0 aliphatic rings. The van der Waals surface area contributed by atoms with Crippen LogP contribution in [0.5, 0.6) is 0 Å². The first-order chi connectivity index (χ1) is 8.08. The first-order valence-corrected chi connectivity index (χ1v) is 5.62. The van der Waals surface area contributed by atoms with E-state index in [1.165, 1.54) is 0 Å². The molecule has 1 aromatic heterocycles. The average Bonchev–Trinajstić information content (AvgIpc) is 2.27. The minimum Gasteiger partial charge on any atom is -0.289 e. The molecule has 0 amide bonds. The Morgan fingerprint density at radius 1 is 1.06 bits per heavy atom. The maximum Gasteiger partial charge on any atom is 0.194 e. The third-order valence-electron chi connectivity index (χ3n) is 2.74. The lowest BCUT2D eigenvalue weighted by Gasteiger charge is -2.06. The molecule has 0 aliphatic carbocycles. The predicted octanol–water partition coefficient (Wildman–Crippen LogP) is 3.24. The molecule has 2 heteroatoms. The van der Waals surface area contributed by atoms with Gasteiger partial charge in [0.2, 0.25) is 0 Å². The lowest BCUT2D eigenvalue weighted by atomic mass is 9.99. The topological polar surface area (TPSA) is 30.0 Å². The molecule has 0 atom stereocenters. The summed E-state index contributed by atoms with van der Waals surface area (Å²) in [6, 6.07) is 9.52. The zero-order chi connectivity index (χ0) is 12.4. The minimum absolute atomic E-state index is 0.0439. The van der Waals surface area contributed by atoms with Crippen molar-refractivity contribution in [3.63, 3.8) is 0 Å². The van der Waals surface area contributed by atoms with Crippen molar-refractivity contribution in [1.82, 2.24) is 4.98 Å². The Bertz CT molecular complexity index is 553. The fraction of sp³-hybridized carbons (Fsp3) is 0.200. The number of carbonyl (C=O) groups excluding carboxylic acids is 1. The molecule has 0 radical (unpaired) electrons. The summed E-state index contributed by atoms with van der Waals surface area (Å²) in [6.07, 6.45) is 1.70. The number of benzene rings is 1. The highest BCUT2D eigenvalue weighted by Crippen LogP contribution is 2.15. The van der Waals surface area contributed by atoms with Crippen LogP contribution in [-0.4, -0.2) is 10.8 Å². The molecule has 0 unspecified atom stereocenters. The number of hydrogen-bond acceptors (Lipinski definition) is 2. The maximum absolute atomic E-state index is 12.3. The zero-order valence-corrected chi connectivity index (χ0v) is 10.3. The maximum atomic E-state index is 12.3. The normalized spacial score (nSPS) is 10.3. The summed E-state index contributed by atoms with van der Waals surface area (Å²) in [7, 11) is 0. The van der Waals surface area contributed by atoms with Crippen LogP contribution in [0.4, 0.5) is 0 Å². The third-order valence-corrected chi connectivity index (χ3v) is 2.74. The van der Waals surface area contributed by atoms with E-state index in [4.69, 9.17) is 0 Å². The first-order valence-electron chi connectivity index (χ1n) is 5.62. The van der Waals surface area contributed by atoms with Gasteiger partial charge in [0.15, 0.2) is 5.78 Å². The van der Waals surface area contributed by atoms with Gasteiger partial charge in [-0.15, -0.1) is 0 Å². The Kier molecular flexibility index (Phi) is 3.05.